The van der Waals surface area contributed by atoms with Gasteiger partial charge in [0.2, 0.25) is 0 Å². The second-order valence-corrected chi connectivity index (χ2v) is 7.18. The summed E-state index contributed by atoms with van der Waals surface area (Å²) in [6.45, 7) is 0. The molecule has 2 rings (SSSR count). The van der Waals surface area contributed by atoms with E-state index in [2.05, 4.69) is 0 Å². The minimum atomic E-state index is -2.61. The highest BCUT2D eigenvalue weighted by Crippen LogP contribution is 2.44. The summed E-state index contributed by atoms with van der Waals surface area (Å²) >= 11 is 4.34. The van der Waals surface area contributed by atoms with Crippen molar-refractivity contribution in [3.8, 4) is 0 Å². The molecule has 0 unspecified atom stereocenters. The molecule has 0 amide bonds. The first-order chi connectivity index (χ1) is 6.07. The molecule has 0 saturated carbocycles. The smallest absolute Gasteiger partial charge is 0.265 e. The number of fused-ring (bicyclic) bond motifs is 1. The highest BCUT2D eigenvalue weighted by atomic mass is 32.2. The number of thioether (sulfide) groups is 2. The van der Waals surface area contributed by atoms with E-state index in [1.165, 1.54) is 0 Å². The first-order valence-corrected chi connectivity index (χ1v) is 6.95. The molecule has 0 N–H and O–H groups in total. The molecule has 2 heterocycles. The average Bonchev–Trinajstić information content (AvgIpc) is 2.34. The van der Waals surface area contributed by atoms with Gasteiger partial charge in [0, 0.05) is 0 Å². The molecule has 0 saturated heterocycles. The Morgan fingerprint density at radius 1 is 1.08 bits per heavy atom. The van der Waals surface area contributed by atoms with E-state index in [4.69, 9.17) is 0 Å². The van der Waals surface area contributed by atoms with Crippen LogP contribution in [-0.2, 0) is 0 Å². The van der Waals surface area contributed by atoms with Gasteiger partial charge < -0.3 is 0 Å². The van der Waals surface area contributed by atoms with Crippen molar-refractivity contribution in [3.63, 3.8) is 0 Å². The Kier molecular flexibility index (Phi) is 2.70. The molecular formula is C6H4F2OS4. The van der Waals surface area contributed by atoms with Gasteiger partial charge in [0.1, 0.15) is 0 Å². The molecule has 0 aromatic carbocycles. The van der Waals surface area contributed by atoms with Gasteiger partial charge in [-0.05, 0) is 0 Å². The lowest BCUT2D eigenvalue weighted by molar-refractivity contribution is 0.0551. The molecule has 1 aliphatic rings. The maximum absolute atomic E-state index is 12.9. The third kappa shape index (κ3) is 2.26. The van der Waals surface area contributed by atoms with E-state index in [1.54, 1.807) is 0 Å². The largest absolute Gasteiger partial charge is 0.289 e. The molecule has 0 spiro atoms. The Hall–Kier alpha value is 0.410. The van der Waals surface area contributed by atoms with Crippen LogP contribution in [0.4, 0.5) is 8.78 Å². The lowest BCUT2D eigenvalue weighted by Crippen LogP contribution is -2.21. The van der Waals surface area contributed by atoms with Gasteiger partial charge >= 0.3 is 0 Å². The van der Waals surface area contributed by atoms with E-state index in [1.807, 2.05) is 0 Å². The normalized spacial score (nSPS) is 20.8. The molecule has 0 atom stereocenters. The Labute approximate surface area is 89.6 Å². The summed E-state index contributed by atoms with van der Waals surface area (Å²) in [5, 5.41) is 0. The second kappa shape index (κ2) is 3.52. The summed E-state index contributed by atoms with van der Waals surface area (Å²) in [6, 6.07) is 0. The molecule has 13 heavy (non-hydrogen) atoms. The minimum Gasteiger partial charge on any atom is -0.265 e. The predicted octanol–water partition coefficient (Wildman–Crippen LogP) is 3.00. The van der Waals surface area contributed by atoms with E-state index in [-0.39, 0.29) is 15.6 Å². The van der Waals surface area contributed by atoms with Crippen LogP contribution in [-0.4, -0.2) is 17.4 Å². The van der Waals surface area contributed by atoms with Crippen LogP contribution in [0.25, 0.3) is 0 Å². The third-order valence-electron chi connectivity index (χ3n) is 1.35. The fraction of sp³-hybridized carbons (Fsp3) is 0.500. The molecule has 1 aromatic rings. The topological polar surface area (TPSA) is 17.1 Å². The zero-order valence-corrected chi connectivity index (χ0v) is 9.48. The zero-order chi connectivity index (χ0) is 9.47. The fourth-order valence-corrected chi connectivity index (χ4v) is 6.01. The lowest BCUT2D eigenvalue weighted by Gasteiger charge is -2.10. The summed E-state index contributed by atoms with van der Waals surface area (Å²) in [6.07, 6.45) is 0. The van der Waals surface area contributed by atoms with Gasteiger partial charge in [0.25, 0.3) is 9.98 Å². The molecule has 1 aliphatic heterocycles. The molecule has 7 heteroatoms. The molecule has 72 valence electrons. The van der Waals surface area contributed by atoms with Gasteiger partial charge in [-0.2, -0.15) is 0 Å². The van der Waals surface area contributed by atoms with Crippen molar-refractivity contribution in [2.24, 2.45) is 0 Å². The first kappa shape index (κ1) is 9.95. The number of alkyl halides is 2. The quantitative estimate of drug-likeness (QED) is 0.712. The van der Waals surface area contributed by atoms with Gasteiger partial charge in [0.05, 0.1) is 19.9 Å². The highest BCUT2D eigenvalue weighted by molar-refractivity contribution is 8.05. The van der Waals surface area contributed by atoms with Crippen LogP contribution >= 0.6 is 46.2 Å². The van der Waals surface area contributed by atoms with Crippen molar-refractivity contribution in [2.75, 3.05) is 11.5 Å². The van der Waals surface area contributed by atoms with Crippen LogP contribution in [0.1, 0.15) is 0 Å². The molecule has 0 fully saturated rings. The van der Waals surface area contributed by atoms with E-state index in [0.717, 1.165) is 54.6 Å². The SMILES string of the molecule is O=c1sc2c(s1)SCC(F)(F)CS2. The Morgan fingerprint density at radius 3 is 2.00 bits per heavy atom. The maximum atomic E-state index is 12.9. The van der Waals surface area contributed by atoms with E-state index < -0.39 is 5.92 Å². The molecule has 0 aliphatic carbocycles. The van der Waals surface area contributed by atoms with Crippen molar-refractivity contribution in [1.82, 2.24) is 0 Å². The van der Waals surface area contributed by atoms with Crippen LogP contribution in [0.3, 0.4) is 0 Å². The summed E-state index contributed by atoms with van der Waals surface area (Å²) in [5.41, 5.74) is 0. The van der Waals surface area contributed by atoms with E-state index in [9.17, 15) is 13.6 Å². The van der Waals surface area contributed by atoms with Crippen LogP contribution in [0.2, 0.25) is 0 Å². The standard InChI is InChI=1S/C6H4F2OS4/c7-6(8)1-10-3-4(11-2-6)13-5(9)12-3/h1-2H2. The maximum Gasteiger partial charge on any atom is 0.289 e. The molecule has 1 nitrogen and oxygen atoms in total. The highest BCUT2D eigenvalue weighted by Gasteiger charge is 2.33. The minimum absolute atomic E-state index is 0.00443. The second-order valence-electron chi connectivity index (χ2n) is 2.46. The first-order valence-electron chi connectivity index (χ1n) is 3.34. The van der Waals surface area contributed by atoms with Gasteiger partial charge in [-0.1, -0.05) is 22.7 Å². The average molecular weight is 258 g/mol. The number of hydrogen-bond donors (Lipinski definition) is 0. The fourth-order valence-electron chi connectivity index (χ4n) is 0.816. The van der Waals surface area contributed by atoms with Crippen LogP contribution < -0.4 is 4.06 Å². The number of halogens is 2. The number of hydrogen-bond acceptors (Lipinski definition) is 5. The van der Waals surface area contributed by atoms with Crippen molar-refractivity contribution >= 4 is 46.2 Å². The summed E-state index contributed by atoms with van der Waals surface area (Å²) in [7, 11) is 0. The van der Waals surface area contributed by atoms with Crippen LogP contribution in [0.15, 0.2) is 13.2 Å². The van der Waals surface area contributed by atoms with Gasteiger partial charge in [0.15, 0.2) is 0 Å². The van der Waals surface area contributed by atoms with Gasteiger partial charge in [-0.25, -0.2) is 8.78 Å². The molecular weight excluding hydrogens is 254 g/mol. The molecule has 0 bridgehead atoms. The Morgan fingerprint density at radius 2 is 1.54 bits per heavy atom. The van der Waals surface area contributed by atoms with Crippen molar-refractivity contribution in [1.29, 1.82) is 0 Å². The van der Waals surface area contributed by atoms with Crippen molar-refractivity contribution in [2.45, 2.75) is 14.3 Å². The van der Waals surface area contributed by atoms with Crippen molar-refractivity contribution in [3.05, 3.63) is 8.85 Å². The Balaban J connectivity index is 2.29. The van der Waals surface area contributed by atoms with Gasteiger partial charge in [-0.15, -0.1) is 23.5 Å². The van der Waals surface area contributed by atoms with Crippen LogP contribution in [0.5, 0.6) is 0 Å². The van der Waals surface area contributed by atoms with E-state index in [0.29, 0.717) is 0 Å². The number of rotatable bonds is 0. The summed E-state index contributed by atoms with van der Waals surface area (Å²) < 4.78 is 27.3. The lowest BCUT2D eigenvalue weighted by atomic mass is 10.5. The third-order valence-corrected chi connectivity index (χ3v) is 6.75. The molecule has 0 radical (unpaired) electrons. The predicted molar refractivity (Wildman–Crippen MR) is 54.9 cm³/mol. The monoisotopic (exact) mass is 258 g/mol. The van der Waals surface area contributed by atoms with Crippen LogP contribution in [0, 0.1) is 0 Å². The molecule has 1 aromatic heterocycles. The zero-order valence-electron chi connectivity index (χ0n) is 6.21. The summed E-state index contributed by atoms with van der Waals surface area (Å²) in [5.74, 6) is -3.02. The van der Waals surface area contributed by atoms with E-state index >= 15 is 0 Å². The Bertz CT molecular complexity index is 338. The van der Waals surface area contributed by atoms with Crippen molar-refractivity contribution < 1.29 is 8.78 Å². The van der Waals surface area contributed by atoms with Gasteiger partial charge in [-0.3, -0.25) is 4.79 Å². The summed E-state index contributed by atoms with van der Waals surface area (Å²) in [4.78, 5) is 11.0.